The Balaban J connectivity index is 2.65. The lowest BCUT2D eigenvalue weighted by Crippen LogP contribution is -2.06. The van der Waals surface area contributed by atoms with Crippen LogP contribution in [0.3, 0.4) is 0 Å². The van der Waals surface area contributed by atoms with E-state index < -0.39 is 0 Å². The molecule has 2 heterocycles. The summed E-state index contributed by atoms with van der Waals surface area (Å²) in [5.41, 5.74) is 6.47. The van der Waals surface area contributed by atoms with Crippen LogP contribution in [0.4, 0.5) is 0 Å². The zero-order chi connectivity index (χ0) is 10.1. The molecule has 2 aromatic rings. The molecule has 2 aromatic heterocycles. The first kappa shape index (κ1) is 9.96. The number of fused-ring (bicyclic) bond motifs is 1. The van der Waals surface area contributed by atoms with Gasteiger partial charge in [0.1, 0.15) is 10.4 Å². The van der Waals surface area contributed by atoms with Crippen molar-refractivity contribution in [1.82, 2.24) is 9.38 Å². The van der Waals surface area contributed by atoms with E-state index in [-0.39, 0.29) is 0 Å². The summed E-state index contributed by atoms with van der Waals surface area (Å²) in [6.07, 6.45) is 2.66. The molecule has 0 atom stereocenters. The van der Waals surface area contributed by atoms with E-state index in [1.165, 1.54) is 0 Å². The molecule has 0 radical (unpaired) electrons. The number of nitrogens with two attached hydrogens (primary N) is 1. The van der Waals surface area contributed by atoms with E-state index in [1.807, 2.05) is 22.7 Å². The molecule has 2 rings (SSSR count). The first-order chi connectivity index (χ1) is 6.72. The Kier molecular flexibility index (Phi) is 2.76. The lowest BCUT2D eigenvalue weighted by Gasteiger charge is -1.98. The van der Waals surface area contributed by atoms with Crippen LogP contribution in [-0.4, -0.2) is 15.9 Å². The van der Waals surface area contributed by atoms with Gasteiger partial charge in [-0.2, -0.15) is 0 Å². The standard InChI is InChI=1S/C9H9BrClN3/c10-9-7-5-6(11)2-4-14(7)8(13-9)1-3-12/h2,4-5H,1,3,12H2. The second-order valence-electron chi connectivity index (χ2n) is 2.96. The first-order valence-corrected chi connectivity index (χ1v) is 5.41. The largest absolute Gasteiger partial charge is 0.330 e. The van der Waals surface area contributed by atoms with E-state index in [1.54, 1.807) is 0 Å². The van der Waals surface area contributed by atoms with Crippen LogP contribution in [-0.2, 0) is 6.42 Å². The number of pyridine rings is 1. The molecule has 0 unspecified atom stereocenters. The van der Waals surface area contributed by atoms with E-state index >= 15 is 0 Å². The molecule has 0 saturated carbocycles. The van der Waals surface area contributed by atoms with Crippen molar-refractivity contribution in [2.75, 3.05) is 6.54 Å². The zero-order valence-corrected chi connectivity index (χ0v) is 9.72. The van der Waals surface area contributed by atoms with Crippen molar-refractivity contribution >= 4 is 33.0 Å². The van der Waals surface area contributed by atoms with Crippen molar-refractivity contribution in [2.24, 2.45) is 5.73 Å². The fraction of sp³-hybridized carbons (Fsp3) is 0.222. The van der Waals surface area contributed by atoms with Crippen molar-refractivity contribution in [1.29, 1.82) is 0 Å². The molecular weight excluding hydrogens is 265 g/mol. The maximum atomic E-state index is 5.89. The molecule has 2 N–H and O–H groups in total. The quantitative estimate of drug-likeness (QED) is 0.913. The van der Waals surface area contributed by atoms with Crippen LogP contribution in [0.25, 0.3) is 5.52 Å². The maximum absolute atomic E-state index is 5.89. The molecular formula is C9H9BrClN3. The minimum Gasteiger partial charge on any atom is -0.330 e. The average molecular weight is 275 g/mol. The van der Waals surface area contributed by atoms with Gasteiger partial charge in [0.2, 0.25) is 0 Å². The molecule has 0 spiro atoms. The lowest BCUT2D eigenvalue weighted by molar-refractivity contribution is 0.861. The summed E-state index contributed by atoms with van der Waals surface area (Å²) < 4.78 is 2.80. The highest BCUT2D eigenvalue weighted by Gasteiger charge is 2.07. The smallest absolute Gasteiger partial charge is 0.132 e. The van der Waals surface area contributed by atoms with Crippen molar-refractivity contribution in [3.05, 3.63) is 33.8 Å². The van der Waals surface area contributed by atoms with Crippen LogP contribution in [0.5, 0.6) is 0 Å². The minimum absolute atomic E-state index is 0.591. The lowest BCUT2D eigenvalue weighted by atomic mass is 10.4. The molecule has 74 valence electrons. The summed E-state index contributed by atoms with van der Waals surface area (Å²) in [6.45, 7) is 0.591. The number of hydrogen-bond donors (Lipinski definition) is 1. The van der Waals surface area contributed by atoms with E-state index in [4.69, 9.17) is 17.3 Å². The second-order valence-corrected chi connectivity index (χ2v) is 4.15. The molecule has 5 heteroatoms. The van der Waals surface area contributed by atoms with Gasteiger partial charge in [0.15, 0.2) is 0 Å². The van der Waals surface area contributed by atoms with Gasteiger partial charge in [-0.15, -0.1) is 0 Å². The highest BCUT2D eigenvalue weighted by molar-refractivity contribution is 9.10. The van der Waals surface area contributed by atoms with Crippen LogP contribution >= 0.6 is 27.5 Å². The Bertz CT molecular complexity index is 466. The summed E-state index contributed by atoms with van der Waals surface area (Å²) in [7, 11) is 0. The van der Waals surface area contributed by atoms with Crippen molar-refractivity contribution < 1.29 is 0 Å². The number of halogens is 2. The Morgan fingerprint density at radius 3 is 3.07 bits per heavy atom. The predicted molar refractivity (Wildman–Crippen MR) is 60.7 cm³/mol. The topological polar surface area (TPSA) is 43.3 Å². The normalized spacial score (nSPS) is 11.1. The average Bonchev–Trinajstić information content (AvgIpc) is 2.44. The fourth-order valence-corrected chi connectivity index (χ4v) is 2.06. The maximum Gasteiger partial charge on any atom is 0.132 e. The molecule has 0 amide bonds. The van der Waals surface area contributed by atoms with Crippen molar-refractivity contribution in [3.63, 3.8) is 0 Å². The highest BCUT2D eigenvalue weighted by atomic mass is 79.9. The summed E-state index contributed by atoms with van der Waals surface area (Å²) in [5, 5.41) is 0.706. The van der Waals surface area contributed by atoms with Crippen LogP contribution in [0.1, 0.15) is 5.82 Å². The van der Waals surface area contributed by atoms with Gasteiger partial charge in [-0.3, -0.25) is 0 Å². The Labute approximate surface area is 95.0 Å². The first-order valence-electron chi connectivity index (χ1n) is 4.24. The van der Waals surface area contributed by atoms with E-state index in [0.717, 1.165) is 22.4 Å². The van der Waals surface area contributed by atoms with Gasteiger partial charge >= 0.3 is 0 Å². The zero-order valence-electron chi connectivity index (χ0n) is 7.37. The minimum atomic E-state index is 0.591. The molecule has 3 nitrogen and oxygen atoms in total. The van der Waals surface area contributed by atoms with Crippen LogP contribution < -0.4 is 5.73 Å². The van der Waals surface area contributed by atoms with Crippen LogP contribution in [0.15, 0.2) is 22.9 Å². The predicted octanol–water partition coefficient (Wildman–Crippen LogP) is 2.25. The van der Waals surface area contributed by atoms with Crippen LogP contribution in [0, 0.1) is 0 Å². The van der Waals surface area contributed by atoms with Gasteiger partial charge in [-0.25, -0.2) is 4.98 Å². The monoisotopic (exact) mass is 273 g/mol. The highest BCUT2D eigenvalue weighted by Crippen LogP contribution is 2.22. The van der Waals surface area contributed by atoms with Gasteiger partial charge in [0, 0.05) is 17.6 Å². The summed E-state index contributed by atoms with van der Waals surface area (Å²) in [4.78, 5) is 4.36. The SMILES string of the molecule is NCCc1nc(Br)c2cc(Cl)ccn12. The second kappa shape index (κ2) is 3.88. The summed E-state index contributed by atoms with van der Waals surface area (Å²) >= 11 is 9.28. The summed E-state index contributed by atoms with van der Waals surface area (Å²) in [5.74, 6) is 0.950. The third-order valence-electron chi connectivity index (χ3n) is 2.00. The summed E-state index contributed by atoms with van der Waals surface area (Å²) in [6, 6.07) is 3.71. The number of hydrogen-bond acceptors (Lipinski definition) is 2. The van der Waals surface area contributed by atoms with Crippen molar-refractivity contribution in [3.8, 4) is 0 Å². The van der Waals surface area contributed by atoms with E-state index in [2.05, 4.69) is 20.9 Å². The Morgan fingerprint density at radius 1 is 1.57 bits per heavy atom. The molecule has 0 aliphatic heterocycles. The van der Waals surface area contributed by atoms with Crippen molar-refractivity contribution in [2.45, 2.75) is 6.42 Å². The van der Waals surface area contributed by atoms with Gasteiger partial charge in [-0.05, 0) is 34.6 Å². The van der Waals surface area contributed by atoms with Gasteiger partial charge in [0.05, 0.1) is 5.52 Å². The molecule has 0 bridgehead atoms. The fourth-order valence-electron chi connectivity index (χ4n) is 1.39. The molecule has 0 aromatic carbocycles. The van der Waals surface area contributed by atoms with Crippen LogP contribution in [0.2, 0.25) is 5.02 Å². The number of nitrogens with zero attached hydrogens (tertiary/aromatic N) is 2. The number of rotatable bonds is 2. The van der Waals surface area contributed by atoms with E-state index in [0.29, 0.717) is 11.6 Å². The molecule has 0 saturated heterocycles. The Hall–Kier alpha value is -0.580. The Morgan fingerprint density at radius 2 is 2.36 bits per heavy atom. The van der Waals surface area contributed by atoms with Gasteiger partial charge in [0.25, 0.3) is 0 Å². The van der Waals surface area contributed by atoms with Gasteiger partial charge in [-0.1, -0.05) is 11.6 Å². The molecule has 0 aliphatic carbocycles. The van der Waals surface area contributed by atoms with E-state index in [9.17, 15) is 0 Å². The third kappa shape index (κ3) is 1.65. The molecule has 14 heavy (non-hydrogen) atoms. The van der Waals surface area contributed by atoms with Gasteiger partial charge < -0.3 is 10.1 Å². The number of aromatic nitrogens is 2. The molecule has 0 aliphatic rings. The molecule has 0 fully saturated rings. The number of imidazole rings is 1. The third-order valence-corrected chi connectivity index (χ3v) is 2.82.